The van der Waals surface area contributed by atoms with E-state index in [9.17, 15) is 14.3 Å². The summed E-state index contributed by atoms with van der Waals surface area (Å²) in [6, 6.07) is 14.5. The lowest BCUT2D eigenvalue weighted by Crippen LogP contribution is -1.94. The number of hydrogen-bond acceptors (Lipinski definition) is 3. The second-order valence-electron chi connectivity index (χ2n) is 5.69. The van der Waals surface area contributed by atoms with Gasteiger partial charge in [0.15, 0.2) is 5.78 Å². The van der Waals surface area contributed by atoms with Gasteiger partial charge >= 0.3 is 0 Å². The maximum atomic E-state index is 13.0. The summed E-state index contributed by atoms with van der Waals surface area (Å²) in [4.78, 5) is 12.4. The number of phenolic OH excluding ortho intramolecular Hbond substituents is 1. The molecular weight excluding hydrogens is 307 g/mol. The van der Waals surface area contributed by atoms with E-state index in [0.29, 0.717) is 34.6 Å². The molecule has 0 amide bonds. The molecule has 0 atom stereocenters. The molecular formula is C20H13FO3. The highest BCUT2D eigenvalue weighted by atomic mass is 19.1. The Kier molecular flexibility index (Phi) is 3.31. The smallest absolute Gasteiger partial charge is 0.189 e. The van der Waals surface area contributed by atoms with Crippen LogP contribution in [-0.2, 0) is 6.42 Å². The largest absolute Gasteiger partial charge is 0.508 e. The monoisotopic (exact) mass is 320 g/mol. The van der Waals surface area contributed by atoms with Crippen LogP contribution in [0.2, 0.25) is 0 Å². The predicted molar refractivity (Wildman–Crippen MR) is 88.2 cm³/mol. The first kappa shape index (κ1) is 14.5. The van der Waals surface area contributed by atoms with Crippen molar-refractivity contribution in [2.75, 3.05) is 0 Å². The molecule has 4 heteroatoms. The van der Waals surface area contributed by atoms with Gasteiger partial charge in [0.2, 0.25) is 0 Å². The molecule has 0 spiro atoms. The first-order chi connectivity index (χ1) is 11.6. The number of ketones is 1. The van der Waals surface area contributed by atoms with Crippen LogP contribution in [0.25, 0.3) is 17.4 Å². The zero-order valence-electron chi connectivity index (χ0n) is 12.6. The molecule has 0 saturated carbocycles. The van der Waals surface area contributed by atoms with Crippen molar-refractivity contribution in [2.45, 2.75) is 6.42 Å². The minimum atomic E-state index is -0.304. The molecule has 0 unspecified atom stereocenters. The van der Waals surface area contributed by atoms with Crippen LogP contribution in [0.1, 0.15) is 21.7 Å². The van der Waals surface area contributed by atoms with Gasteiger partial charge < -0.3 is 9.52 Å². The second-order valence-corrected chi connectivity index (χ2v) is 5.69. The molecule has 0 aliphatic heterocycles. The van der Waals surface area contributed by atoms with Crippen molar-refractivity contribution in [3.63, 3.8) is 0 Å². The van der Waals surface area contributed by atoms with Crippen molar-refractivity contribution in [1.82, 2.24) is 0 Å². The summed E-state index contributed by atoms with van der Waals surface area (Å²) in [7, 11) is 0. The molecule has 4 rings (SSSR count). The van der Waals surface area contributed by atoms with Crippen molar-refractivity contribution in [2.24, 2.45) is 0 Å². The molecule has 0 radical (unpaired) electrons. The van der Waals surface area contributed by atoms with Crippen LogP contribution in [-0.4, -0.2) is 10.9 Å². The number of allylic oxidation sites excluding steroid dienone is 1. The quantitative estimate of drug-likeness (QED) is 0.701. The van der Waals surface area contributed by atoms with Gasteiger partial charge in [-0.3, -0.25) is 4.79 Å². The van der Waals surface area contributed by atoms with Crippen molar-refractivity contribution in [3.8, 4) is 17.1 Å². The molecule has 24 heavy (non-hydrogen) atoms. The Balaban J connectivity index is 1.65. The van der Waals surface area contributed by atoms with Gasteiger partial charge in [0.05, 0.1) is 0 Å². The van der Waals surface area contributed by atoms with Gasteiger partial charge in [-0.15, -0.1) is 0 Å². The van der Waals surface area contributed by atoms with Gasteiger partial charge in [-0.1, -0.05) is 12.1 Å². The maximum absolute atomic E-state index is 13.0. The fraction of sp³-hybridized carbons (Fsp3) is 0.0500. The summed E-state index contributed by atoms with van der Waals surface area (Å²) in [5.41, 5.74) is 2.52. The molecule has 1 heterocycles. The van der Waals surface area contributed by atoms with Gasteiger partial charge in [0.25, 0.3) is 0 Å². The van der Waals surface area contributed by atoms with Gasteiger partial charge in [-0.25, -0.2) is 4.39 Å². The first-order valence-electron chi connectivity index (χ1n) is 7.54. The van der Waals surface area contributed by atoms with E-state index in [0.717, 1.165) is 5.56 Å². The van der Waals surface area contributed by atoms with Gasteiger partial charge in [-0.2, -0.15) is 0 Å². The Morgan fingerprint density at radius 3 is 2.58 bits per heavy atom. The summed E-state index contributed by atoms with van der Waals surface area (Å²) in [6.45, 7) is 0. The number of carbonyl (C=O) groups excluding carboxylic acids is 1. The summed E-state index contributed by atoms with van der Waals surface area (Å²) in [5, 5.41) is 9.87. The van der Waals surface area contributed by atoms with Crippen LogP contribution in [0.4, 0.5) is 4.39 Å². The Labute approximate surface area is 137 Å². The third-order valence-electron chi connectivity index (χ3n) is 4.13. The lowest BCUT2D eigenvalue weighted by atomic mass is 10.1. The standard InChI is InChI=1S/C20H13FO3/c21-14-6-4-12(5-7-14)19-9-8-15(24-19)10-13-11-17-16(20(13)23)2-1-3-18(17)22/h1-10,22H,11H2/b13-10-. The van der Waals surface area contributed by atoms with E-state index in [1.54, 1.807) is 48.5 Å². The van der Waals surface area contributed by atoms with E-state index in [4.69, 9.17) is 4.42 Å². The molecule has 0 saturated heterocycles. The summed E-state index contributed by atoms with van der Waals surface area (Å²) in [5.74, 6) is 0.885. The van der Waals surface area contributed by atoms with E-state index in [1.165, 1.54) is 12.1 Å². The molecule has 3 nitrogen and oxygen atoms in total. The highest BCUT2D eigenvalue weighted by Gasteiger charge is 2.27. The van der Waals surface area contributed by atoms with Gasteiger partial charge in [-0.05, 0) is 48.5 Å². The number of hydrogen-bond donors (Lipinski definition) is 1. The molecule has 3 aromatic rings. The summed E-state index contributed by atoms with van der Waals surface area (Å²) >= 11 is 0. The summed E-state index contributed by atoms with van der Waals surface area (Å²) in [6.07, 6.45) is 2.07. The Bertz CT molecular complexity index is 965. The molecule has 118 valence electrons. The third kappa shape index (κ3) is 2.42. The van der Waals surface area contributed by atoms with E-state index in [1.807, 2.05) is 0 Å². The molecule has 1 N–H and O–H groups in total. The minimum absolute atomic E-state index is 0.0966. The average molecular weight is 320 g/mol. The number of carbonyl (C=O) groups is 1. The highest BCUT2D eigenvalue weighted by molar-refractivity contribution is 6.15. The Morgan fingerprint density at radius 1 is 1.04 bits per heavy atom. The normalized spacial score (nSPS) is 15.0. The molecule has 0 fully saturated rings. The SMILES string of the molecule is O=C1/C(=C\c2ccc(-c3ccc(F)cc3)o2)Cc2c(O)cccc21. The topological polar surface area (TPSA) is 50.4 Å². The highest BCUT2D eigenvalue weighted by Crippen LogP contribution is 2.34. The van der Waals surface area contributed by atoms with E-state index in [2.05, 4.69) is 0 Å². The minimum Gasteiger partial charge on any atom is -0.508 e. The lowest BCUT2D eigenvalue weighted by molar-refractivity contribution is 0.104. The van der Waals surface area contributed by atoms with Crippen molar-refractivity contribution >= 4 is 11.9 Å². The number of rotatable bonds is 2. The van der Waals surface area contributed by atoms with Crippen molar-refractivity contribution < 1.29 is 18.7 Å². The molecule has 1 aliphatic rings. The molecule has 0 bridgehead atoms. The number of benzene rings is 2. The molecule has 2 aromatic carbocycles. The van der Waals surface area contributed by atoms with Crippen LogP contribution < -0.4 is 0 Å². The lowest BCUT2D eigenvalue weighted by Gasteiger charge is -1.97. The number of furan rings is 1. The van der Waals surface area contributed by atoms with E-state index >= 15 is 0 Å². The Hall–Kier alpha value is -3.14. The van der Waals surface area contributed by atoms with Crippen LogP contribution in [0, 0.1) is 5.82 Å². The fourth-order valence-electron chi connectivity index (χ4n) is 2.90. The summed E-state index contributed by atoms with van der Waals surface area (Å²) < 4.78 is 18.7. The average Bonchev–Trinajstić information content (AvgIpc) is 3.16. The van der Waals surface area contributed by atoms with Gasteiger partial charge in [0, 0.05) is 28.7 Å². The third-order valence-corrected chi connectivity index (χ3v) is 4.13. The number of phenols is 1. The first-order valence-corrected chi connectivity index (χ1v) is 7.54. The van der Waals surface area contributed by atoms with E-state index in [-0.39, 0.29) is 17.3 Å². The van der Waals surface area contributed by atoms with Crippen LogP contribution in [0.15, 0.2) is 64.6 Å². The van der Waals surface area contributed by atoms with Crippen molar-refractivity contribution in [1.29, 1.82) is 0 Å². The second kappa shape index (κ2) is 5.49. The number of fused-ring (bicyclic) bond motifs is 1. The number of halogens is 1. The van der Waals surface area contributed by atoms with Gasteiger partial charge in [0.1, 0.15) is 23.1 Å². The molecule has 1 aromatic heterocycles. The van der Waals surface area contributed by atoms with E-state index < -0.39 is 0 Å². The Morgan fingerprint density at radius 2 is 1.83 bits per heavy atom. The number of aromatic hydroxyl groups is 1. The zero-order chi connectivity index (χ0) is 16.7. The predicted octanol–water partition coefficient (Wildman–Crippen LogP) is 4.61. The maximum Gasteiger partial charge on any atom is 0.189 e. The molecule has 1 aliphatic carbocycles. The zero-order valence-corrected chi connectivity index (χ0v) is 12.6. The van der Waals surface area contributed by atoms with Crippen LogP contribution >= 0.6 is 0 Å². The van der Waals surface area contributed by atoms with Crippen LogP contribution in [0.3, 0.4) is 0 Å². The van der Waals surface area contributed by atoms with Crippen molar-refractivity contribution in [3.05, 3.63) is 82.9 Å². The number of Topliss-reactive ketones (excluding diaryl/α,β-unsaturated/α-hetero) is 1. The van der Waals surface area contributed by atoms with Crippen LogP contribution in [0.5, 0.6) is 5.75 Å². The fourth-order valence-corrected chi connectivity index (χ4v) is 2.90.